The van der Waals surface area contributed by atoms with E-state index >= 15 is 0 Å². The number of aliphatic imine (C=N–C) groups is 1. The Kier molecular flexibility index (Phi) is 7.12. The smallest absolute Gasteiger partial charge is 0.387 e. The third-order valence-electron chi connectivity index (χ3n) is 3.56. The molecule has 0 unspecified atom stereocenters. The van der Waals surface area contributed by atoms with E-state index in [1.165, 1.54) is 10.9 Å². The molecule has 1 aromatic heterocycles. The number of thiazole rings is 1. The number of para-hydroxylation sites is 1. The Labute approximate surface area is 150 Å². The van der Waals surface area contributed by atoms with Gasteiger partial charge in [-0.05, 0) is 19.9 Å². The van der Waals surface area contributed by atoms with E-state index < -0.39 is 6.61 Å². The summed E-state index contributed by atoms with van der Waals surface area (Å²) in [5.41, 5.74) is 1.70. The van der Waals surface area contributed by atoms with Crippen molar-refractivity contribution >= 4 is 17.3 Å². The second-order valence-electron chi connectivity index (χ2n) is 5.34. The molecular formula is C17H22F2N4OS. The molecule has 0 aliphatic heterocycles. The van der Waals surface area contributed by atoms with Crippen LogP contribution in [0.15, 0.2) is 29.3 Å². The number of nitrogens with zero attached hydrogens (tertiary/aromatic N) is 2. The number of benzene rings is 1. The number of rotatable bonds is 7. The van der Waals surface area contributed by atoms with E-state index in [1.54, 1.807) is 36.6 Å². The zero-order valence-corrected chi connectivity index (χ0v) is 15.3. The average molecular weight is 368 g/mol. The molecule has 0 saturated heterocycles. The van der Waals surface area contributed by atoms with Crippen molar-refractivity contribution in [1.29, 1.82) is 0 Å². The predicted octanol–water partition coefficient (Wildman–Crippen LogP) is 3.27. The molecule has 0 atom stereocenters. The van der Waals surface area contributed by atoms with Gasteiger partial charge < -0.3 is 15.4 Å². The van der Waals surface area contributed by atoms with Crippen LogP contribution in [0.1, 0.15) is 21.1 Å². The van der Waals surface area contributed by atoms with E-state index in [2.05, 4.69) is 32.3 Å². The summed E-state index contributed by atoms with van der Waals surface area (Å²) in [6.45, 7) is 2.23. The molecule has 0 spiro atoms. The minimum Gasteiger partial charge on any atom is -0.434 e. The summed E-state index contributed by atoms with van der Waals surface area (Å²) >= 11 is 1.69. The Balaban J connectivity index is 1.84. The fraction of sp³-hybridized carbons (Fsp3) is 0.412. The Morgan fingerprint density at radius 3 is 2.68 bits per heavy atom. The summed E-state index contributed by atoms with van der Waals surface area (Å²) in [7, 11) is 1.66. The normalized spacial score (nSPS) is 11.7. The van der Waals surface area contributed by atoms with Crippen LogP contribution in [-0.4, -0.2) is 31.1 Å². The topological polar surface area (TPSA) is 58.5 Å². The molecule has 0 saturated carbocycles. The number of ether oxygens (including phenoxy) is 1. The van der Waals surface area contributed by atoms with Gasteiger partial charge in [0.15, 0.2) is 5.96 Å². The van der Waals surface area contributed by atoms with Crippen molar-refractivity contribution in [3.63, 3.8) is 0 Å². The predicted molar refractivity (Wildman–Crippen MR) is 96.6 cm³/mol. The number of nitrogens with one attached hydrogen (secondary N) is 2. The Bertz CT molecular complexity index is 699. The SMILES string of the molecule is CN=C(NCCc1nc(C)c(C)s1)NCc1ccccc1OC(F)F. The van der Waals surface area contributed by atoms with Gasteiger partial charge in [-0.2, -0.15) is 8.78 Å². The van der Waals surface area contributed by atoms with Crippen LogP contribution in [-0.2, 0) is 13.0 Å². The van der Waals surface area contributed by atoms with E-state index in [4.69, 9.17) is 0 Å². The van der Waals surface area contributed by atoms with Crippen molar-refractivity contribution in [2.24, 2.45) is 4.99 Å². The largest absolute Gasteiger partial charge is 0.434 e. The van der Waals surface area contributed by atoms with Crippen molar-refractivity contribution in [3.05, 3.63) is 45.4 Å². The zero-order valence-electron chi connectivity index (χ0n) is 14.5. The highest BCUT2D eigenvalue weighted by Crippen LogP contribution is 2.20. The third kappa shape index (κ3) is 5.97. The molecule has 1 heterocycles. The van der Waals surface area contributed by atoms with Crippen LogP contribution in [0.25, 0.3) is 0 Å². The Morgan fingerprint density at radius 2 is 2.04 bits per heavy atom. The van der Waals surface area contributed by atoms with E-state index in [1.807, 2.05) is 6.92 Å². The van der Waals surface area contributed by atoms with E-state index in [0.717, 1.165) is 17.1 Å². The molecule has 0 aliphatic rings. The van der Waals surface area contributed by atoms with Gasteiger partial charge in [0.25, 0.3) is 0 Å². The maximum atomic E-state index is 12.4. The molecule has 136 valence electrons. The van der Waals surface area contributed by atoms with Gasteiger partial charge in [0, 0.05) is 37.0 Å². The van der Waals surface area contributed by atoms with E-state index in [9.17, 15) is 8.78 Å². The van der Waals surface area contributed by atoms with Crippen LogP contribution in [0.3, 0.4) is 0 Å². The van der Waals surface area contributed by atoms with Gasteiger partial charge in [0.1, 0.15) is 5.75 Å². The summed E-state index contributed by atoms with van der Waals surface area (Å²) < 4.78 is 29.4. The number of halogens is 2. The molecular weight excluding hydrogens is 346 g/mol. The van der Waals surface area contributed by atoms with Crippen LogP contribution in [0.5, 0.6) is 5.75 Å². The fourth-order valence-electron chi connectivity index (χ4n) is 2.19. The molecule has 0 bridgehead atoms. The second-order valence-corrected chi connectivity index (χ2v) is 6.63. The molecule has 0 aliphatic carbocycles. The molecule has 0 radical (unpaired) electrons. The summed E-state index contributed by atoms with van der Waals surface area (Å²) in [6.07, 6.45) is 0.797. The molecule has 25 heavy (non-hydrogen) atoms. The second kappa shape index (κ2) is 9.31. The lowest BCUT2D eigenvalue weighted by Crippen LogP contribution is -2.37. The number of alkyl halides is 2. The third-order valence-corrected chi connectivity index (χ3v) is 4.70. The number of guanidine groups is 1. The molecule has 2 rings (SSSR count). The van der Waals surface area contributed by atoms with Crippen LogP contribution < -0.4 is 15.4 Å². The monoisotopic (exact) mass is 368 g/mol. The van der Waals surface area contributed by atoms with Crippen LogP contribution in [0, 0.1) is 13.8 Å². The first-order valence-corrected chi connectivity index (χ1v) is 8.71. The molecule has 2 aromatic rings. The molecule has 0 amide bonds. The number of hydrogen-bond acceptors (Lipinski definition) is 4. The number of hydrogen-bond donors (Lipinski definition) is 2. The van der Waals surface area contributed by atoms with Crippen molar-refractivity contribution in [3.8, 4) is 5.75 Å². The maximum Gasteiger partial charge on any atom is 0.387 e. The number of aryl methyl sites for hydroxylation is 2. The van der Waals surface area contributed by atoms with Crippen molar-refractivity contribution in [2.45, 2.75) is 33.4 Å². The molecule has 1 aromatic carbocycles. The Morgan fingerprint density at radius 1 is 1.28 bits per heavy atom. The zero-order chi connectivity index (χ0) is 18.2. The van der Waals surface area contributed by atoms with Crippen LogP contribution in [0.4, 0.5) is 8.78 Å². The minimum atomic E-state index is -2.84. The molecule has 8 heteroatoms. The number of aromatic nitrogens is 1. The van der Waals surface area contributed by atoms with Gasteiger partial charge in [0.2, 0.25) is 0 Å². The molecule has 2 N–H and O–H groups in total. The minimum absolute atomic E-state index is 0.161. The first-order valence-electron chi connectivity index (χ1n) is 7.89. The highest BCUT2D eigenvalue weighted by atomic mass is 32.1. The lowest BCUT2D eigenvalue weighted by Gasteiger charge is -2.14. The average Bonchev–Trinajstić information content (AvgIpc) is 2.89. The van der Waals surface area contributed by atoms with Gasteiger partial charge in [-0.1, -0.05) is 18.2 Å². The van der Waals surface area contributed by atoms with E-state index in [-0.39, 0.29) is 5.75 Å². The van der Waals surface area contributed by atoms with E-state index in [0.29, 0.717) is 24.6 Å². The summed E-state index contributed by atoms with van der Waals surface area (Å²) in [6, 6.07) is 6.69. The van der Waals surface area contributed by atoms with Gasteiger partial charge in [-0.15, -0.1) is 11.3 Å². The maximum absolute atomic E-state index is 12.4. The highest BCUT2D eigenvalue weighted by molar-refractivity contribution is 7.11. The first-order chi connectivity index (χ1) is 12.0. The Hall–Kier alpha value is -2.22. The van der Waals surface area contributed by atoms with Crippen molar-refractivity contribution < 1.29 is 13.5 Å². The lowest BCUT2D eigenvalue weighted by molar-refractivity contribution is -0.0504. The molecule has 0 fully saturated rings. The highest BCUT2D eigenvalue weighted by Gasteiger charge is 2.09. The van der Waals surface area contributed by atoms with Gasteiger partial charge in [-0.25, -0.2) is 4.98 Å². The summed E-state index contributed by atoms with van der Waals surface area (Å²) in [4.78, 5) is 9.86. The standard InChI is InChI=1S/C17H22F2N4OS/c1-11-12(2)25-15(23-11)8-9-21-17(20-3)22-10-13-6-4-5-7-14(13)24-16(18)19/h4-7,16H,8-10H2,1-3H3,(H2,20,21,22). The first kappa shape index (κ1) is 19.1. The van der Waals surface area contributed by atoms with Crippen molar-refractivity contribution in [1.82, 2.24) is 15.6 Å². The lowest BCUT2D eigenvalue weighted by atomic mass is 10.2. The summed E-state index contributed by atoms with van der Waals surface area (Å²) in [5, 5.41) is 7.37. The van der Waals surface area contributed by atoms with Gasteiger partial charge in [-0.3, -0.25) is 4.99 Å². The van der Waals surface area contributed by atoms with Gasteiger partial charge in [0.05, 0.1) is 10.7 Å². The summed E-state index contributed by atoms with van der Waals surface area (Å²) in [5.74, 6) is 0.756. The fourth-order valence-corrected chi connectivity index (χ4v) is 3.13. The quantitative estimate of drug-likeness (QED) is 0.582. The van der Waals surface area contributed by atoms with Crippen LogP contribution >= 0.6 is 11.3 Å². The van der Waals surface area contributed by atoms with Gasteiger partial charge >= 0.3 is 6.61 Å². The van der Waals surface area contributed by atoms with Crippen LogP contribution in [0.2, 0.25) is 0 Å². The molecule has 5 nitrogen and oxygen atoms in total. The van der Waals surface area contributed by atoms with Crippen molar-refractivity contribution in [2.75, 3.05) is 13.6 Å².